The summed E-state index contributed by atoms with van der Waals surface area (Å²) in [7, 11) is 0. The van der Waals surface area contributed by atoms with Gasteiger partial charge in [0, 0.05) is 15.1 Å². The summed E-state index contributed by atoms with van der Waals surface area (Å²) in [6, 6.07) is 8.34. The summed E-state index contributed by atoms with van der Waals surface area (Å²) in [5.74, 6) is 0.147. The van der Waals surface area contributed by atoms with E-state index in [4.69, 9.17) is 16.3 Å². The van der Waals surface area contributed by atoms with Gasteiger partial charge in [-0.3, -0.25) is 4.79 Å². The van der Waals surface area contributed by atoms with Crippen LogP contribution in [0.2, 0.25) is 5.02 Å². The molecule has 0 aliphatic heterocycles. The van der Waals surface area contributed by atoms with E-state index in [-0.39, 0.29) is 12.4 Å². The summed E-state index contributed by atoms with van der Waals surface area (Å²) in [5, 5.41) is 14.3. The van der Waals surface area contributed by atoms with Crippen LogP contribution >= 0.6 is 59.4 Å². The zero-order valence-electron chi connectivity index (χ0n) is 11.9. The SMILES string of the molecule is O=C(COc1ccc(Cl)cc1)N/N=C\c1c(Br)cc(Br)c(O)c1Br. The molecule has 0 heterocycles. The number of hydrazone groups is 1. The number of hydrogen-bond acceptors (Lipinski definition) is 4. The average molecular weight is 541 g/mol. The molecule has 0 atom stereocenters. The standard InChI is InChI=1S/C15H10Br3ClN2O3/c16-11-5-12(17)15(23)14(18)10(11)6-20-21-13(22)7-24-9-3-1-8(19)2-4-9/h1-6,23H,7H2,(H,21,22)/b20-6-. The van der Waals surface area contributed by atoms with Crippen molar-refractivity contribution in [2.45, 2.75) is 0 Å². The van der Waals surface area contributed by atoms with E-state index < -0.39 is 5.91 Å². The van der Waals surface area contributed by atoms with E-state index in [1.165, 1.54) is 6.21 Å². The number of carbonyl (C=O) groups is 1. The number of phenols is 1. The maximum absolute atomic E-state index is 11.7. The van der Waals surface area contributed by atoms with Gasteiger partial charge < -0.3 is 9.84 Å². The van der Waals surface area contributed by atoms with Crippen LogP contribution in [-0.4, -0.2) is 23.8 Å². The zero-order chi connectivity index (χ0) is 17.7. The van der Waals surface area contributed by atoms with Crippen LogP contribution in [0.5, 0.6) is 11.5 Å². The summed E-state index contributed by atoms with van der Waals surface area (Å²) < 4.78 is 6.96. The number of carbonyl (C=O) groups excluding carboxylic acids is 1. The maximum Gasteiger partial charge on any atom is 0.277 e. The maximum atomic E-state index is 11.7. The number of aromatic hydroxyl groups is 1. The monoisotopic (exact) mass is 538 g/mol. The number of nitrogens with zero attached hydrogens (tertiary/aromatic N) is 1. The Bertz CT molecular complexity index is 783. The molecule has 0 aliphatic carbocycles. The first kappa shape index (κ1) is 19.2. The molecule has 0 saturated carbocycles. The number of ether oxygens (including phenoxy) is 1. The number of benzene rings is 2. The first-order valence-corrected chi connectivity index (χ1v) is 9.21. The minimum Gasteiger partial charge on any atom is -0.506 e. The van der Waals surface area contributed by atoms with Crippen molar-refractivity contribution in [3.8, 4) is 11.5 Å². The van der Waals surface area contributed by atoms with E-state index in [0.717, 1.165) is 0 Å². The predicted octanol–water partition coefficient (Wildman–Crippen LogP) is 4.86. The number of halogens is 4. The Kier molecular flexibility index (Phi) is 7.09. The number of nitrogens with one attached hydrogen (secondary N) is 1. The Labute approximate surface area is 168 Å². The van der Waals surface area contributed by atoms with Gasteiger partial charge in [-0.15, -0.1) is 0 Å². The summed E-state index contributed by atoms with van der Waals surface area (Å²) in [6.45, 7) is -0.188. The second-order valence-electron chi connectivity index (χ2n) is 4.45. The van der Waals surface area contributed by atoms with Crippen molar-refractivity contribution in [1.82, 2.24) is 5.43 Å². The fourth-order valence-corrected chi connectivity index (χ4v) is 4.05. The van der Waals surface area contributed by atoms with Crippen LogP contribution in [0.25, 0.3) is 0 Å². The lowest BCUT2D eigenvalue weighted by molar-refractivity contribution is -0.123. The first-order valence-electron chi connectivity index (χ1n) is 6.45. The lowest BCUT2D eigenvalue weighted by Gasteiger charge is -2.07. The van der Waals surface area contributed by atoms with E-state index in [0.29, 0.717) is 29.8 Å². The van der Waals surface area contributed by atoms with E-state index in [2.05, 4.69) is 58.3 Å². The van der Waals surface area contributed by atoms with Crippen LogP contribution in [0.15, 0.2) is 48.9 Å². The van der Waals surface area contributed by atoms with Gasteiger partial charge in [0.15, 0.2) is 6.61 Å². The topological polar surface area (TPSA) is 70.9 Å². The normalized spacial score (nSPS) is 10.8. The smallest absolute Gasteiger partial charge is 0.277 e. The Morgan fingerprint density at radius 2 is 1.92 bits per heavy atom. The molecule has 2 rings (SSSR count). The molecular weight excluding hydrogens is 531 g/mol. The summed E-state index contributed by atoms with van der Waals surface area (Å²) in [4.78, 5) is 11.7. The van der Waals surface area contributed by atoms with Crippen molar-refractivity contribution >= 4 is 71.5 Å². The van der Waals surface area contributed by atoms with Crippen LogP contribution in [0.1, 0.15) is 5.56 Å². The summed E-state index contributed by atoms with van der Waals surface area (Å²) in [5.41, 5.74) is 2.92. The second kappa shape index (κ2) is 8.84. The second-order valence-corrected chi connectivity index (χ2v) is 7.39. The molecule has 0 aromatic heterocycles. The van der Waals surface area contributed by atoms with Crippen molar-refractivity contribution in [3.63, 3.8) is 0 Å². The van der Waals surface area contributed by atoms with Crippen LogP contribution in [0.3, 0.4) is 0 Å². The lowest BCUT2D eigenvalue weighted by Crippen LogP contribution is -2.24. The number of rotatable bonds is 5. The van der Waals surface area contributed by atoms with Gasteiger partial charge >= 0.3 is 0 Å². The first-order chi connectivity index (χ1) is 11.4. The highest BCUT2D eigenvalue weighted by atomic mass is 79.9. The molecule has 2 aromatic rings. The fraction of sp³-hybridized carbons (Fsp3) is 0.0667. The highest BCUT2D eigenvalue weighted by Gasteiger charge is 2.12. The van der Waals surface area contributed by atoms with Crippen molar-refractivity contribution in [3.05, 3.63) is 54.3 Å². The molecule has 2 aromatic carbocycles. The van der Waals surface area contributed by atoms with Gasteiger partial charge in [-0.1, -0.05) is 27.5 Å². The van der Waals surface area contributed by atoms with Gasteiger partial charge in [0.1, 0.15) is 11.5 Å². The van der Waals surface area contributed by atoms with Crippen LogP contribution < -0.4 is 10.2 Å². The molecule has 5 nitrogen and oxygen atoms in total. The van der Waals surface area contributed by atoms with Crippen LogP contribution in [0, 0.1) is 0 Å². The van der Waals surface area contributed by atoms with E-state index >= 15 is 0 Å². The van der Waals surface area contributed by atoms with Crippen molar-refractivity contribution in [2.24, 2.45) is 5.10 Å². The Morgan fingerprint density at radius 1 is 1.25 bits per heavy atom. The third kappa shape index (κ3) is 5.20. The van der Waals surface area contributed by atoms with Crippen LogP contribution in [-0.2, 0) is 4.79 Å². The lowest BCUT2D eigenvalue weighted by atomic mass is 10.2. The van der Waals surface area contributed by atoms with E-state index in [1.807, 2.05) is 0 Å². The highest BCUT2D eigenvalue weighted by Crippen LogP contribution is 2.38. The number of phenolic OH excluding ortho intramolecular Hbond substituents is 1. The highest BCUT2D eigenvalue weighted by molar-refractivity contribution is 9.11. The number of hydrogen-bond donors (Lipinski definition) is 2. The minimum atomic E-state index is -0.422. The van der Waals surface area contributed by atoms with Gasteiger partial charge in [0.2, 0.25) is 0 Å². The predicted molar refractivity (Wildman–Crippen MR) is 104 cm³/mol. The van der Waals surface area contributed by atoms with E-state index in [9.17, 15) is 9.90 Å². The molecule has 126 valence electrons. The molecule has 0 radical (unpaired) electrons. The molecule has 0 bridgehead atoms. The molecule has 0 aliphatic rings. The third-order valence-electron chi connectivity index (χ3n) is 2.75. The molecule has 0 unspecified atom stereocenters. The Balaban J connectivity index is 1.93. The van der Waals surface area contributed by atoms with Gasteiger partial charge in [-0.2, -0.15) is 5.10 Å². The Hall–Kier alpha value is -1.09. The fourth-order valence-electron chi connectivity index (χ4n) is 1.59. The third-order valence-corrected chi connectivity index (χ3v) is 5.06. The molecule has 0 fully saturated rings. The molecule has 0 saturated heterocycles. The molecular formula is C15H10Br3ClN2O3. The molecule has 24 heavy (non-hydrogen) atoms. The Morgan fingerprint density at radius 3 is 2.58 bits per heavy atom. The minimum absolute atomic E-state index is 0.0389. The molecule has 0 spiro atoms. The quantitative estimate of drug-likeness (QED) is 0.420. The zero-order valence-corrected chi connectivity index (χ0v) is 17.4. The van der Waals surface area contributed by atoms with Gasteiger partial charge in [0.05, 0.1) is 15.2 Å². The van der Waals surface area contributed by atoms with Gasteiger partial charge in [-0.25, -0.2) is 5.43 Å². The summed E-state index contributed by atoms with van der Waals surface area (Å²) in [6.07, 6.45) is 1.40. The average Bonchev–Trinajstić information content (AvgIpc) is 2.55. The molecule has 2 N–H and O–H groups in total. The summed E-state index contributed by atoms with van der Waals surface area (Å²) >= 11 is 15.6. The molecule has 1 amide bonds. The largest absolute Gasteiger partial charge is 0.506 e. The van der Waals surface area contributed by atoms with E-state index in [1.54, 1.807) is 30.3 Å². The van der Waals surface area contributed by atoms with Crippen molar-refractivity contribution < 1.29 is 14.6 Å². The molecule has 9 heteroatoms. The van der Waals surface area contributed by atoms with Crippen molar-refractivity contribution in [1.29, 1.82) is 0 Å². The van der Waals surface area contributed by atoms with Crippen molar-refractivity contribution in [2.75, 3.05) is 6.61 Å². The van der Waals surface area contributed by atoms with Crippen LogP contribution in [0.4, 0.5) is 0 Å². The number of amides is 1. The van der Waals surface area contributed by atoms with Gasteiger partial charge in [-0.05, 0) is 62.2 Å². The van der Waals surface area contributed by atoms with Gasteiger partial charge in [0.25, 0.3) is 5.91 Å².